The Kier molecular flexibility index (Phi) is 3.93. The van der Waals surface area contributed by atoms with Crippen LogP contribution in [-0.2, 0) is 4.79 Å². The van der Waals surface area contributed by atoms with Crippen molar-refractivity contribution < 1.29 is 4.79 Å². The van der Waals surface area contributed by atoms with Crippen LogP contribution in [0, 0.1) is 25.2 Å². The van der Waals surface area contributed by atoms with Crippen molar-refractivity contribution in [2.45, 2.75) is 51.5 Å². The summed E-state index contributed by atoms with van der Waals surface area (Å²) in [7, 11) is 0. The second-order valence-electron chi connectivity index (χ2n) is 5.27. The maximum Gasteiger partial charge on any atom is 0.245 e. The van der Waals surface area contributed by atoms with Gasteiger partial charge in [0, 0.05) is 4.88 Å². The third kappa shape index (κ3) is 2.65. The van der Waals surface area contributed by atoms with Crippen LogP contribution in [-0.4, -0.2) is 11.4 Å². The Morgan fingerprint density at radius 1 is 1.37 bits per heavy atom. The van der Waals surface area contributed by atoms with Gasteiger partial charge in [-0.05, 0) is 32.3 Å². The van der Waals surface area contributed by atoms with Crippen LogP contribution < -0.4 is 11.1 Å². The molecule has 0 aromatic carbocycles. The minimum Gasteiger partial charge on any atom is -0.317 e. The SMILES string of the molecule is Cc1sc(NC(=O)C2(N)CCCCC2)c(C#N)c1C. The van der Waals surface area contributed by atoms with Crippen molar-refractivity contribution in [1.29, 1.82) is 5.26 Å². The molecule has 3 N–H and O–H groups in total. The van der Waals surface area contributed by atoms with E-state index in [9.17, 15) is 10.1 Å². The van der Waals surface area contributed by atoms with Crippen molar-refractivity contribution >= 4 is 22.2 Å². The van der Waals surface area contributed by atoms with Gasteiger partial charge in [-0.1, -0.05) is 19.3 Å². The van der Waals surface area contributed by atoms with E-state index in [0.29, 0.717) is 10.6 Å². The molecule has 1 aliphatic carbocycles. The topological polar surface area (TPSA) is 78.9 Å². The van der Waals surface area contributed by atoms with Gasteiger partial charge in [0.15, 0.2) is 0 Å². The second kappa shape index (κ2) is 5.32. The summed E-state index contributed by atoms with van der Waals surface area (Å²) in [4.78, 5) is 13.4. The molecule has 0 bridgehead atoms. The normalized spacial score (nSPS) is 17.8. The van der Waals surface area contributed by atoms with Crippen molar-refractivity contribution in [2.75, 3.05) is 5.32 Å². The maximum absolute atomic E-state index is 12.3. The van der Waals surface area contributed by atoms with Gasteiger partial charge in [-0.3, -0.25) is 4.79 Å². The number of carbonyl (C=O) groups is 1. The molecule has 1 aromatic heterocycles. The second-order valence-corrected chi connectivity index (χ2v) is 6.49. The number of nitrogens with zero attached hydrogens (tertiary/aromatic N) is 1. The number of rotatable bonds is 2. The van der Waals surface area contributed by atoms with E-state index in [-0.39, 0.29) is 5.91 Å². The number of hydrogen-bond donors (Lipinski definition) is 2. The van der Waals surface area contributed by atoms with E-state index >= 15 is 0 Å². The third-order valence-electron chi connectivity index (χ3n) is 3.92. The zero-order chi connectivity index (χ0) is 14.0. The number of amides is 1. The third-order valence-corrected chi connectivity index (χ3v) is 5.04. The smallest absolute Gasteiger partial charge is 0.245 e. The number of thiophene rings is 1. The molecule has 19 heavy (non-hydrogen) atoms. The molecule has 1 fully saturated rings. The molecule has 2 rings (SSSR count). The Balaban J connectivity index is 2.20. The fraction of sp³-hybridized carbons (Fsp3) is 0.571. The Morgan fingerprint density at radius 3 is 2.58 bits per heavy atom. The highest BCUT2D eigenvalue weighted by molar-refractivity contribution is 7.16. The lowest BCUT2D eigenvalue weighted by Gasteiger charge is -2.31. The first-order chi connectivity index (χ1) is 8.98. The van der Waals surface area contributed by atoms with Crippen molar-refractivity contribution in [2.24, 2.45) is 5.73 Å². The highest BCUT2D eigenvalue weighted by atomic mass is 32.1. The van der Waals surface area contributed by atoms with Crippen molar-refractivity contribution in [1.82, 2.24) is 0 Å². The van der Waals surface area contributed by atoms with Gasteiger partial charge in [0.1, 0.15) is 11.1 Å². The highest BCUT2D eigenvalue weighted by Gasteiger charge is 2.35. The van der Waals surface area contributed by atoms with E-state index in [1.165, 1.54) is 11.3 Å². The predicted octanol–water partition coefficient (Wildman–Crippen LogP) is 2.84. The monoisotopic (exact) mass is 277 g/mol. The van der Waals surface area contributed by atoms with Crippen molar-refractivity contribution in [3.63, 3.8) is 0 Å². The van der Waals surface area contributed by atoms with Gasteiger partial charge in [0.2, 0.25) is 5.91 Å². The number of nitrogens with one attached hydrogen (secondary N) is 1. The van der Waals surface area contributed by atoms with E-state index < -0.39 is 5.54 Å². The summed E-state index contributed by atoms with van der Waals surface area (Å²) >= 11 is 1.45. The number of hydrogen-bond acceptors (Lipinski definition) is 4. The molecular formula is C14H19N3OS. The largest absolute Gasteiger partial charge is 0.317 e. The highest BCUT2D eigenvalue weighted by Crippen LogP contribution is 2.33. The predicted molar refractivity (Wildman–Crippen MR) is 77.1 cm³/mol. The van der Waals surface area contributed by atoms with E-state index in [2.05, 4.69) is 11.4 Å². The fourth-order valence-electron chi connectivity index (χ4n) is 2.49. The van der Waals surface area contributed by atoms with Gasteiger partial charge in [-0.25, -0.2) is 0 Å². The van der Waals surface area contributed by atoms with Gasteiger partial charge in [0.25, 0.3) is 0 Å². The minimum absolute atomic E-state index is 0.148. The molecule has 1 aromatic rings. The van der Waals surface area contributed by atoms with Crippen LogP contribution in [0.3, 0.4) is 0 Å². The van der Waals surface area contributed by atoms with Crippen LogP contribution >= 0.6 is 11.3 Å². The molecule has 4 nitrogen and oxygen atoms in total. The molecule has 102 valence electrons. The molecule has 5 heteroatoms. The van der Waals surface area contributed by atoms with E-state index in [4.69, 9.17) is 5.73 Å². The lowest BCUT2D eigenvalue weighted by molar-refractivity contribution is -0.122. The number of nitrogens with two attached hydrogens (primary N) is 1. The molecule has 0 aliphatic heterocycles. The number of aryl methyl sites for hydroxylation is 1. The number of nitriles is 1. The first-order valence-electron chi connectivity index (χ1n) is 6.58. The summed E-state index contributed by atoms with van der Waals surface area (Å²) in [6, 6.07) is 2.16. The summed E-state index contributed by atoms with van der Waals surface area (Å²) in [5, 5.41) is 12.7. The first-order valence-corrected chi connectivity index (χ1v) is 7.40. The zero-order valence-corrected chi connectivity index (χ0v) is 12.2. The minimum atomic E-state index is -0.767. The lowest BCUT2D eigenvalue weighted by Crippen LogP contribution is -2.52. The van der Waals surface area contributed by atoms with Gasteiger partial charge < -0.3 is 11.1 Å². The Labute approximate surface area is 117 Å². The average Bonchev–Trinajstić information content (AvgIpc) is 2.65. The molecular weight excluding hydrogens is 258 g/mol. The van der Waals surface area contributed by atoms with Crippen LogP contribution in [0.4, 0.5) is 5.00 Å². The van der Waals surface area contributed by atoms with Crippen LogP contribution in [0.15, 0.2) is 0 Å². The van der Waals surface area contributed by atoms with Crippen LogP contribution in [0.2, 0.25) is 0 Å². The Morgan fingerprint density at radius 2 is 2.00 bits per heavy atom. The molecule has 0 atom stereocenters. The van der Waals surface area contributed by atoms with Gasteiger partial charge in [-0.2, -0.15) is 5.26 Å². The Hall–Kier alpha value is -1.38. The summed E-state index contributed by atoms with van der Waals surface area (Å²) in [6.07, 6.45) is 4.59. The van der Waals surface area contributed by atoms with E-state index in [1.54, 1.807) is 0 Å². The zero-order valence-electron chi connectivity index (χ0n) is 11.4. The van der Waals surface area contributed by atoms with Crippen LogP contribution in [0.1, 0.15) is 48.1 Å². The number of carbonyl (C=O) groups excluding carboxylic acids is 1. The molecule has 0 radical (unpaired) electrons. The lowest BCUT2D eigenvalue weighted by atomic mass is 9.82. The van der Waals surface area contributed by atoms with Gasteiger partial charge in [0.05, 0.1) is 11.1 Å². The van der Waals surface area contributed by atoms with E-state index in [1.807, 2.05) is 13.8 Å². The average molecular weight is 277 g/mol. The molecule has 0 unspecified atom stereocenters. The molecule has 1 heterocycles. The molecule has 1 amide bonds. The van der Waals surface area contributed by atoms with Crippen molar-refractivity contribution in [3.05, 3.63) is 16.0 Å². The summed E-state index contributed by atoms with van der Waals surface area (Å²) in [5.41, 5.74) is 6.94. The fourth-order valence-corrected chi connectivity index (χ4v) is 3.49. The van der Waals surface area contributed by atoms with Crippen molar-refractivity contribution in [3.8, 4) is 6.07 Å². The summed E-state index contributed by atoms with van der Waals surface area (Å²) in [5.74, 6) is -0.148. The molecule has 0 saturated heterocycles. The summed E-state index contributed by atoms with van der Waals surface area (Å²) in [6.45, 7) is 3.86. The first kappa shape index (κ1) is 14.0. The van der Waals surface area contributed by atoms with Crippen LogP contribution in [0.5, 0.6) is 0 Å². The molecule has 1 aliphatic rings. The van der Waals surface area contributed by atoms with Crippen LogP contribution in [0.25, 0.3) is 0 Å². The summed E-state index contributed by atoms with van der Waals surface area (Å²) < 4.78 is 0. The Bertz CT molecular complexity index is 536. The maximum atomic E-state index is 12.3. The standard InChI is InChI=1S/C14H19N3OS/c1-9-10(2)19-12(11(9)8-15)17-13(18)14(16)6-4-3-5-7-14/h3-7,16H2,1-2H3,(H,17,18). The quantitative estimate of drug-likeness (QED) is 0.872. The van der Waals surface area contributed by atoms with E-state index in [0.717, 1.165) is 42.5 Å². The van der Waals surface area contributed by atoms with Gasteiger partial charge >= 0.3 is 0 Å². The number of anilines is 1. The molecule has 0 spiro atoms. The molecule has 1 saturated carbocycles. The van der Waals surface area contributed by atoms with Gasteiger partial charge in [-0.15, -0.1) is 11.3 Å².